The van der Waals surface area contributed by atoms with Crippen LogP contribution in [0.25, 0.3) is 0 Å². The molecule has 0 saturated carbocycles. The van der Waals surface area contributed by atoms with E-state index in [-0.39, 0.29) is 5.91 Å². The minimum Gasteiger partial charge on any atom is -0.351 e. The fourth-order valence-corrected chi connectivity index (χ4v) is 2.20. The topological polar surface area (TPSA) is 66.9 Å². The molecule has 0 bridgehead atoms. The van der Waals surface area contributed by atoms with Crippen LogP contribution in [0.3, 0.4) is 0 Å². The van der Waals surface area contributed by atoms with Crippen molar-refractivity contribution >= 4 is 29.0 Å². The number of nitrogens with one attached hydrogen (secondary N) is 2. The van der Waals surface area contributed by atoms with Gasteiger partial charge in [-0.25, -0.2) is 9.97 Å². The van der Waals surface area contributed by atoms with Gasteiger partial charge in [0.15, 0.2) is 0 Å². The lowest BCUT2D eigenvalue weighted by Gasteiger charge is -2.10. The third-order valence-electron chi connectivity index (χ3n) is 3.21. The van der Waals surface area contributed by atoms with E-state index in [0.29, 0.717) is 34.8 Å². The molecule has 23 heavy (non-hydrogen) atoms. The van der Waals surface area contributed by atoms with E-state index in [1.165, 1.54) is 0 Å². The molecule has 0 fully saturated rings. The quantitative estimate of drug-likeness (QED) is 0.840. The van der Waals surface area contributed by atoms with Gasteiger partial charge >= 0.3 is 0 Å². The van der Waals surface area contributed by atoms with E-state index < -0.39 is 0 Å². The molecule has 2 aromatic rings. The molecule has 5 nitrogen and oxygen atoms in total. The molecule has 0 radical (unpaired) electrons. The summed E-state index contributed by atoms with van der Waals surface area (Å²) in [6, 6.07) is 8.99. The second kappa shape index (κ2) is 7.92. The van der Waals surface area contributed by atoms with E-state index in [9.17, 15) is 4.79 Å². The number of carbonyl (C=O) groups excluding carboxylic acids is 1. The number of carbonyl (C=O) groups is 1. The van der Waals surface area contributed by atoms with Crippen molar-refractivity contribution in [3.05, 3.63) is 46.9 Å². The van der Waals surface area contributed by atoms with Crippen molar-refractivity contribution in [3.8, 4) is 0 Å². The van der Waals surface area contributed by atoms with Gasteiger partial charge in [0.25, 0.3) is 5.91 Å². The van der Waals surface area contributed by atoms with Gasteiger partial charge in [0.05, 0.1) is 10.7 Å². The SMILES string of the molecule is Cc1nc(Nc2ccccc2Cl)cc(C(=O)NCCC(C)C)n1. The van der Waals surface area contributed by atoms with Crippen LogP contribution in [0.1, 0.15) is 36.6 Å². The molecule has 0 spiro atoms. The molecule has 2 rings (SSSR count). The van der Waals surface area contributed by atoms with Crippen LogP contribution in [0.2, 0.25) is 5.02 Å². The summed E-state index contributed by atoms with van der Waals surface area (Å²) in [7, 11) is 0. The van der Waals surface area contributed by atoms with Crippen LogP contribution in [-0.4, -0.2) is 22.4 Å². The number of rotatable bonds is 6. The standard InChI is InChI=1S/C17H21ClN4O/c1-11(2)8-9-19-17(23)15-10-16(21-12(3)20-15)22-14-7-5-4-6-13(14)18/h4-7,10-11H,8-9H2,1-3H3,(H,19,23)(H,20,21,22). The predicted molar refractivity (Wildman–Crippen MR) is 93.3 cm³/mol. The van der Waals surface area contributed by atoms with Gasteiger partial charge in [0.2, 0.25) is 0 Å². The summed E-state index contributed by atoms with van der Waals surface area (Å²) in [6.07, 6.45) is 0.931. The fourth-order valence-electron chi connectivity index (χ4n) is 2.01. The second-order valence-corrected chi connectivity index (χ2v) is 6.14. The first-order chi connectivity index (χ1) is 11.0. The number of amides is 1. The Kier molecular flexibility index (Phi) is 5.93. The number of nitrogens with zero attached hydrogens (tertiary/aromatic N) is 2. The Balaban J connectivity index is 2.12. The van der Waals surface area contributed by atoms with E-state index in [1.807, 2.05) is 18.2 Å². The van der Waals surface area contributed by atoms with Crippen LogP contribution >= 0.6 is 11.6 Å². The Morgan fingerprint density at radius 3 is 2.70 bits per heavy atom. The Labute approximate surface area is 141 Å². The molecule has 2 N–H and O–H groups in total. The molecule has 0 unspecified atom stereocenters. The van der Waals surface area contributed by atoms with E-state index in [2.05, 4.69) is 34.4 Å². The zero-order valence-corrected chi connectivity index (χ0v) is 14.3. The van der Waals surface area contributed by atoms with Crippen LogP contribution in [-0.2, 0) is 0 Å². The van der Waals surface area contributed by atoms with Crippen molar-refractivity contribution in [2.24, 2.45) is 5.92 Å². The molecule has 122 valence electrons. The number of halogens is 1. The maximum atomic E-state index is 12.2. The largest absolute Gasteiger partial charge is 0.351 e. The van der Waals surface area contributed by atoms with Crippen LogP contribution in [0.15, 0.2) is 30.3 Å². The molecule has 1 heterocycles. The van der Waals surface area contributed by atoms with Gasteiger partial charge in [-0.05, 0) is 31.4 Å². The maximum absolute atomic E-state index is 12.2. The van der Waals surface area contributed by atoms with Gasteiger partial charge in [0, 0.05) is 12.6 Å². The molecule has 0 aliphatic rings. The Morgan fingerprint density at radius 2 is 2.00 bits per heavy atom. The Bertz CT molecular complexity index is 688. The molecule has 0 aliphatic carbocycles. The minimum absolute atomic E-state index is 0.196. The molecule has 1 amide bonds. The summed E-state index contributed by atoms with van der Waals surface area (Å²) < 4.78 is 0. The van der Waals surface area contributed by atoms with Gasteiger partial charge in [-0.2, -0.15) is 0 Å². The van der Waals surface area contributed by atoms with E-state index in [0.717, 1.165) is 12.1 Å². The first-order valence-electron chi connectivity index (χ1n) is 7.61. The smallest absolute Gasteiger partial charge is 0.270 e. The Morgan fingerprint density at radius 1 is 1.26 bits per heavy atom. The van der Waals surface area contributed by atoms with Crippen LogP contribution in [0.4, 0.5) is 11.5 Å². The summed E-state index contributed by atoms with van der Waals surface area (Å²) in [5.41, 5.74) is 1.08. The zero-order valence-electron chi connectivity index (χ0n) is 13.6. The average Bonchev–Trinajstić information content (AvgIpc) is 2.48. The van der Waals surface area contributed by atoms with Gasteiger partial charge in [-0.15, -0.1) is 0 Å². The summed E-state index contributed by atoms with van der Waals surface area (Å²) in [6.45, 7) is 6.62. The normalized spacial score (nSPS) is 10.7. The number of hydrogen-bond donors (Lipinski definition) is 2. The van der Waals surface area contributed by atoms with Crippen molar-refractivity contribution in [2.75, 3.05) is 11.9 Å². The lowest BCUT2D eigenvalue weighted by molar-refractivity contribution is 0.0946. The average molecular weight is 333 g/mol. The van der Waals surface area contributed by atoms with E-state index in [4.69, 9.17) is 11.6 Å². The number of benzene rings is 1. The summed E-state index contributed by atoms with van der Waals surface area (Å²) in [4.78, 5) is 20.7. The molecular weight excluding hydrogens is 312 g/mol. The van der Waals surface area contributed by atoms with Crippen molar-refractivity contribution in [1.82, 2.24) is 15.3 Å². The number of aryl methyl sites for hydroxylation is 1. The van der Waals surface area contributed by atoms with Gasteiger partial charge in [-0.1, -0.05) is 37.6 Å². The lowest BCUT2D eigenvalue weighted by atomic mass is 10.1. The van der Waals surface area contributed by atoms with Crippen molar-refractivity contribution in [2.45, 2.75) is 27.2 Å². The van der Waals surface area contributed by atoms with Gasteiger partial charge < -0.3 is 10.6 Å². The summed E-state index contributed by atoms with van der Waals surface area (Å²) in [5, 5.41) is 6.59. The van der Waals surface area contributed by atoms with Crippen molar-refractivity contribution < 1.29 is 4.79 Å². The third-order valence-corrected chi connectivity index (χ3v) is 3.54. The molecule has 0 aliphatic heterocycles. The summed E-state index contributed by atoms with van der Waals surface area (Å²) in [5.74, 6) is 1.41. The van der Waals surface area contributed by atoms with E-state index >= 15 is 0 Å². The van der Waals surface area contributed by atoms with Gasteiger partial charge in [0.1, 0.15) is 17.3 Å². The highest BCUT2D eigenvalue weighted by molar-refractivity contribution is 6.33. The predicted octanol–water partition coefficient (Wildman–Crippen LogP) is 3.96. The Hall–Kier alpha value is -2.14. The number of para-hydroxylation sites is 1. The maximum Gasteiger partial charge on any atom is 0.270 e. The highest BCUT2D eigenvalue weighted by Crippen LogP contribution is 2.24. The fraction of sp³-hybridized carbons (Fsp3) is 0.353. The van der Waals surface area contributed by atoms with Crippen molar-refractivity contribution in [3.63, 3.8) is 0 Å². The number of aromatic nitrogens is 2. The highest BCUT2D eigenvalue weighted by atomic mass is 35.5. The van der Waals surface area contributed by atoms with Crippen LogP contribution < -0.4 is 10.6 Å². The van der Waals surface area contributed by atoms with Crippen LogP contribution in [0, 0.1) is 12.8 Å². The highest BCUT2D eigenvalue weighted by Gasteiger charge is 2.11. The van der Waals surface area contributed by atoms with Crippen LogP contribution in [0.5, 0.6) is 0 Å². The monoisotopic (exact) mass is 332 g/mol. The number of anilines is 2. The van der Waals surface area contributed by atoms with E-state index in [1.54, 1.807) is 19.1 Å². The molecule has 0 saturated heterocycles. The first-order valence-corrected chi connectivity index (χ1v) is 7.99. The third kappa shape index (κ3) is 5.21. The number of hydrogen-bond acceptors (Lipinski definition) is 4. The minimum atomic E-state index is -0.196. The first kappa shape index (κ1) is 17.2. The van der Waals surface area contributed by atoms with Crippen molar-refractivity contribution in [1.29, 1.82) is 0 Å². The zero-order chi connectivity index (χ0) is 16.8. The lowest BCUT2D eigenvalue weighted by Crippen LogP contribution is -2.26. The molecule has 6 heteroatoms. The molecule has 1 aromatic carbocycles. The summed E-state index contributed by atoms with van der Waals surface area (Å²) >= 11 is 6.13. The molecule has 0 atom stereocenters. The molecule has 1 aromatic heterocycles. The molecular formula is C17H21ClN4O. The second-order valence-electron chi connectivity index (χ2n) is 5.73. The van der Waals surface area contributed by atoms with Gasteiger partial charge in [-0.3, -0.25) is 4.79 Å².